The third kappa shape index (κ3) is 7.07. The SMILES string of the molecule is c1ccc(-c2cccc(-c3ccc(-n4c5ccccc5c5ccccc54)c(-c4cccc(-c5nc(-c6ccccc6)nc(-n6c7ccccc7c7cccc(-c8ccc9oc%10ccccc%10c9c8)c76)n5)c4)c3)c2)cc1. The van der Waals surface area contributed by atoms with Gasteiger partial charge in [0.2, 0.25) is 5.95 Å². The zero-order chi connectivity index (χ0) is 49.4. The van der Waals surface area contributed by atoms with Gasteiger partial charge in [-0.3, -0.25) is 4.57 Å². The van der Waals surface area contributed by atoms with Crippen molar-refractivity contribution in [2.75, 3.05) is 0 Å². The first-order valence-electron chi connectivity index (χ1n) is 25.3. The Morgan fingerprint density at radius 3 is 1.48 bits per heavy atom. The minimum absolute atomic E-state index is 0.531. The van der Waals surface area contributed by atoms with Gasteiger partial charge in [0.05, 0.1) is 27.8 Å². The van der Waals surface area contributed by atoms with Crippen molar-refractivity contribution < 1.29 is 4.42 Å². The fraction of sp³-hybridized carbons (Fsp3) is 0. The zero-order valence-electron chi connectivity index (χ0n) is 40.5. The second kappa shape index (κ2) is 17.3. The van der Waals surface area contributed by atoms with E-state index in [1.54, 1.807) is 0 Å². The van der Waals surface area contributed by atoms with Gasteiger partial charge in [0.15, 0.2) is 11.6 Å². The lowest BCUT2D eigenvalue weighted by Gasteiger charge is -2.17. The van der Waals surface area contributed by atoms with Crippen LogP contribution in [0.4, 0.5) is 0 Å². The highest BCUT2D eigenvalue weighted by molar-refractivity contribution is 6.15. The molecule has 11 aromatic carbocycles. The average Bonchev–Trinajstić information content (AvgIpc) is 4.15. The number of rotatable bonds is 8. The molecule has 6 heteroatoms. The van der Waals surface area contributed by atoms with Crippen molar-refractivity contribution >= 4 is 65.6 Å². The van der Waals surface area contributed by atoms with Crippen molar-refractivity contribution in [2.45, 2.75) is 0 Å². The average molecular weight is 958 g/mol. The Labute approximate surface area is 431 Å². The molecule has 0 aliphatic heterocycles. The van der Waals surface area contributed by atoms with Gasteiger partial charge >= 0.3 is 0 Å². The number of aromatic nitrogens is 5. The number of furan rings is 1. The quantitative estimate of drug-likeness (QED) is 0.152. The zero-order valence-corrected chi connectivity index (χ0v) is 40.5. The van der Waals surface area contributed by atoms with Crippen LogP contribution in [0.25, 0.3) is 144 Å². The van der Waals surface area contributed by atoms with Gasteiger partial charge in [-0.15, -0.1) is 0 Å². The highest BCUT2D eigenvalue weighted by atomic mass is 16.3. The number of nitrogens with zero attached hydrogens (tertiary/aromatic N) is 5. The van der Waals surface area contributed by atoms with E-state index in [1.807, 2.05) is 30.3 Å². The summed E-state index contributed by atoms with van der Waals surface area (Å²) < 4.78 is 10.9. The van der Waals surface area contributed by atoms with Crippen molar-refractivity contribution in [2.24, 2.45) is 0 Å². The van der Waals surface area contributed by atoms with E-state index in [0.717, 1.165) is 105 Å². The van der Waals surface area contributed by atoms with Crippen LogP contribution in [0.5, 0.6) is 0 Å². The van der Waals surface area contributed by atoms with Gasteiger partial charge in [-0.05, 0) is 94.0 Å². The van der Waals surface area contributed by atoms with Crippen LogP contribution in [0.2, 0.25) is 0 Å². The molecule has 0 radical (unpaired) electrons. The van der Waals surface area contributed by atoms with E-state index in [0.29, 0.717) is 17.6 Å². The maximum Gasteiger partial charge on any atom is 0.238 e. The van der Waals surface area contributed by atoms with Crippen molar-refractivity contribution in [3.63, 3.8) is 0 Å². The predicted octanol–water partition coefficient (Wildman–Crippen LogP) is 18.0. The van der Waals surface area contributed by atoms with Gasteiger partial charge in [0.1, 0.15) is 11.2 Å². The fourth-order valence-corrected chi connectivity index (χ4v) is 11.3. The number of hydrogen-bond donors (Lipinski definition) is 0. The molecule has 75 heavy (non-hydrogen) atoms. The first-order chi connectivity index (χ1) is 37.2. The van der Waals surface area contributed by atoms with Crippen LogP contribution < -0.4 is 0 Å². The van der Waals surface area contributed by atoms with E-state index in [4.69, 9.17) is 19.4 Å². The summed E-state index contributed by atoms with van der Waals surface area (Å²) in [5, 5.41) is 6.80. The molecule has 0 amide bonds. The van der Waals surface area contributed by atoms with Crippen LogP contribution in [0, 0.1) is 0 Å². The molecule has 350 valence electrons. The van der Waals surface area contributed by atoms with E-state index in [1.165, 1.54) is 21.9 Å². The lowest BCUT2D eigenvalue weighted by molar-refractivity contribution is 0.669. The highest BCUT2D eigenvalue weighted by Crippen LogP contribution is 2.42. The summed E-state index contributed by atoms with van der Waals surface area (Å²) in [6, 6.07) is 92.5. The van der Waals surface area contributed by atoms with Crippen LogP contribution in [0.15, 0.2) is 265 Å². The molecular weight excluding hydrogens is 915 g/mol. The normalized spacial score (nSPS) is 11.7. The topological polar surface area (TPSA) is 61.7 Å². The Balaban J connectivity index is 0.949. The number of fused-ring (bicyclic) bond motifs is 9. The van der Waals surface area contributed by atoms with E-state index in [9.17, 15) is 0 Å². The monoisotopic (exact) mass is 957 g/mol. The van der Waals surface area contributed by atoms with Crippen molar-refractivity contribution in [1.82, 2.24) is 24.1 Å². The Hall–Kier alpha value is -10.2. The second-order valence-corrected chi connectivity index (χ2v) is 19.1. The lowest BCUT2D eigenvalue weighted by Crippen LogP contribution is -2.07. The predicted molar refractivity (Wildman–Crippen MR) is 308 cm³/mol. The van der Waals surface area contributed by atoms with Gasteiger partial charge in [-0.25, -0.2) is 4.98 Å². The summed E-state index contributed by atoms with van der Waals surface area (Å²) in [5.41, 5.74) is 17.8. The minimum Gasteiger partial charge on any atom is -0.456 e. The summed E-state index contributed by atoms with van der Waals surface area (Å²) >= 11 is 0. The third-order valence-electron chi connectivity index (χ3n) is 14.8. The smallest absolute Gasteiger partial charge is 0.238 e. The Morgan fingerprint density at radius 1 is 0.267 bits per heavy atom. The molecule has 4 heterocycles. The molecule has 0 bridgehead atoms. The molecule has 0 saturated carbocycles. The van der Waals surface area contributed by atoms with Gasteiger partial charge < -0.3 is 8.98 Å². The lowest BCUT2D eigenvalue weighted by atomic mass is 9.94. The molecule has 0 aliphatic rings. The van der Waals surface area contributed by atoms with Gasteiger partial charge in [-0.1, -0.05) is 200 Å². The van der Waals surface area contributed by atoms with Gasteiger partial charge in [-0.2, -0.15) is 9.97 Å². The van der Waals surface area contributed by atoms with Crippen LogP contribution in [0.3, 0.4) is 0 Å². The van der Waals surface area contributed by atoms with Crippen molar-refractivity contribution in [3.05, 3.63) is 261 Å². The Kier molecular flexibility index (Phi) is 9.78. The molecule has 15 rings (SSSR count). The number of para-hydroxylation sites is 5. The Bertz CT molecular complexity index is 4670. The van der Waals surface area contributed by atoms with Crippen LogP contribution in [-0.2, 0) is 0 Å². The molecule has 4 aromatic heterocycles. The molecule has 0 atom stereocenters. The molecule has 0 spiro atoms. The standard InChI is InChI=1S/C69H43N5O/c1-3-18-44(19-4-1)46-22-15-23-47(40-46)48-36-38-63(73-60-32-11-7-26-53(60)54-27-8-12-33-61(54)73)58(42-48)49-24-16-25-51(41-49)68-70-67(45-20-5-2-6-21-45)71-69(72-68)74-62-34-13-9-28-55(62)57-31-17-30-52(66(57)74)50-37-39-65-59(43-50)56-29-10-14-35-64(56)75-65/h1-43H. The molecule has 6 nitrogen and oxygen atoms in total. The fourth-order valence-electron chi connectivity index (χ4n) is 11.3. The highest BCUT2D eigenvalue weighted by Gasteiger charge is 2.23. The largest absolute Gasteiger partial charge is 0.456 e. The summed E-state index contributed by atoms with van der Waals surface area (Å²) in [7, 11) is 0. The van der Waals surface area contributed by atoms with Crippen LogP contribution in [0.1, 0.15) is 0 Å². The van der Waals surface area contributed by atoms with Crippen molar-refractivity contribution in [3.8, 4) is 78.9 Å². The maximum atomic E-state index is 6.29. The summed E-state index contributed by atoms with van der Waals surface area (Å²) in [5.74, 6) is 1.69. The minimum atomic E-state index is 0.531. The summed E-state index contributed by atoms with van der Waals surface area (Å²) in [4.78, 5) is 16.2. The van der Waals surface area contributed by atoms with E-state index in [-0.39, 0.29) is 0 Å². The maximum absolute atomic E-state index is 6.29. The van der Waals surface area contributed by atoms with E-state index < -0.39 is 0 Å². The van der Waals surface area contributed by atoms with E-state index >= 15 is 0 Å². The second-order valence-electron chi connectivity index (χ2n) is 19.1. The van der Waals surface area contributed by atoms with E-state index in [2.05, 4.69) is 240 Å². The summed E-state index contributed by atoms with van der Waals surface area (Å²) in [6.07, 6.45) is 0. The van der Waals surface area contributed by atoms with Crippen LogP contribution in [-0.4, -0.2) is 24.1 Å². The molecule has 0 aliphatic carbocycles. The number of hydrogen-bond acceptors (Lipinski definition) is 4. The van der Waals surface area contributed by atoms with Crippen LogP contribution >= 0.6 is 0 Å². The van der Waals surface area contributed by atoms with Crippen molar-refractivity contribution in [1.29, 1.82) is 0 Å². The molecule has 15 aromatic rings. The summed E-state index contributed by atoms with van der Waals surface area (Å²) in [6.45, 7) is 0. The third-order valence-corrected chi connectivity index (χ3v) is 14.8. The first kappa shape index (κ1) is 42.5. The molecule has 0 fully saturated rings. The first-order valence-corrected chi connectivity index (χ1v) is 25.3. The Morgan fingerprint density at radius 2 is 0.747 bits per heavy atom. The van der Waals surface area contributed by atoms with Gasteiger partial charge in [0.25, 0.3) is 0 Å². The molecular formula is C69H43N5O. The molecule has 0 N–H and O–H groups in total. The molecule has 0 saturated heterocycles. The number of benzene rings is 11. The molecule has 0 unspecified atom stereocenters. The van der Waals surface area contributed by atoms with Gasteiger partial charge in [0, 0.05) is 54.6 Å².